The molecule has 0 unspecified atom stereocenters. The number of rotatable bonds is 5. The minimum atomic E-state index is -0.0852. The van der Waals surface area contributed by atoms with Crippen molar-refractivity contribution in [3.8, 4) is 0 Å². The Bertz CT molecular complexity index is 748. The molecule has 0 aromatic carbocycles. The first-order valence-electron chi connectivity index (χ1n) is 8.49. The van der Waals surface area contributed by atoms with Crippen molar-refractivity contribution in [3.05, 3.63) is 27.1 Å². The molecule has 2 aliphatic rings. The van der Waals surface area contributed by atoms with Crippen LogP contribution in [0.15, 0.2) is 10.9 Å². The molecule has 1 saturated heterocycles. The zero-order valence-electron chi connectivity index (χ0n) is 13.9. The summed E-state index contributed by atoms with van der Waals surface area (Å²) in [5, 5.41) is 9.12. The molecule has 8 heteroatoms. The van der Waals surface area contributed by atoms with Gasteiger partial charge in [0, 0.05) is 30.9 Å². The molecular formula is C16H24ClN5OS. The van der Waals surface area contributed by atoms with Gasteiger partial charge in [-0.2, -0.15) is 9.61 Å². The maximum absolute atomic E-state index is 11.9. The van der Waals surface area contributed by atoms with Gasteiger partial charge >= 0.3 is 0 Å². The van der Waals surface area contributed by atoms with Crippen LogP contribution >= 0.6 is 23.7 Å². The van der Waals surface area contributed by atoms with Crippen molar-refractivity contribution in [1.82, 2.24) is 24.8 Å². The summed E-state index contributed by atoms with van der Waals surface area (Å²) < 4.78 is 1.43. The Morgan fingerprint density at radius 1 is 1.29 bits per heavy atom. The van der Waals surface area contributed by atoms with Crippen LogP contribution in [0.5, 0.6) is 0 Å². The fraction of sp³-hybridized carbons (Fsp3) is 0.688. The van der Waals surface area contributed by atoms with E-state index in [1.54, 1.807) is 0 Å². The molecule has 0 atom stereocenters. The zero-order chi connectivity index (χ0) is 15.8. The third-order valence-corrected chi connectivity index (χ3v) is 5.65. The van der Waals surface area contributed by atoms with Gasteiger partial charge in [0.1, 0.15) is 5.01 Å². The summed E-state index contributed by atoms with van der Waals surface area (Å²) in [4.78, 5) is 19.5. The van der Waals surface area contributed by atoms with E-state index in [-0.39, 0.29) is 18.0 Å². The monoisotopic (exact) mass is 369 g/mol. The number of likely N-dealkylation sites (tertiary alicyclic amines) is 1. The first kappa shape index (κ1) is 17.8. The summed E-state index contributed by atoms with van der Waals surface area (Å²) in [5.41, 5.74) is 0.672. The van der Waals surface area contributed by atoms with Gasteiger partial charge in [0.15, 0.2) is 0 Å². The molecule has 24 heavy (non-hydrogen) atoms. The number of piperidine rings is 1. The van der Waals surface area contributed by atoms with Crippen LogP contribution in [0.25, 0.3) is 4.96 Å². The summed E-state index contributed by atoms with van der Waals surface area (Å²) in [5.74, 6) is 0.949. The lowest BCUT2D eigenvalue weighted by Gasteiger charge is -2.31. The molecule has 1 aliphatic heterocycles. The van der Waals surface area contributed by atoms with Crippen LogP contribution in [0.4, 0.5) is 0 Å². The van der Waals surface area contributed by atoms with Crippen LogP contribution in [0, 0.1) is 12.8 Å². The highest BCUT2D eigenvalue weighted by atomic mass is 35.5. The molecule has 3 heterocycles. The molecule has 1 saturated carbocycles. The predicted molar refractivity (Wildman–Crippen MR) is 98.1 cm³/mol. The van der Waals surface area contributed by atoms with E-state index >= 15 is 0 Å². The summed E-state index contributed by atoms with van der Waals surface area (Å²) in [7, 11) is 0. The van der Waals surface area contributed by atoms with E-state index < -0.39 is 0 Å². The minimum Gasteiger partial charge on any atom is -0.314 e. The number of nitrogens with one attached hydrogen (secondary N) is 1. The third-order valence-electron chi connectivity index (χ3n) is 4.75. The van der Waals surface area contributed by atoms with Gasteiger partial charge in [-0.1, -0.05) is 11.3 Å². The highest BCUT2D eigenvalue weighted by molar-refractivity contribution is 7.16. The Morgan fingerprint density at radius 3 is 2.75 bits per heavy atom. The number of hydrogen-bond donors (Lipinski definition) is 1. The Kier molecular flexibility index (Phi) is 5.54. The SMILES string of the molecule is Cc1cc(=O)n2nc(CN3CCC(NCC4CC4)CC3)sc2n1.Cl. The average molecular weight is 370 g/mol. The van der Waals surface area contributed by atoms with Crippen molar-refractivity contribution in [3.63, 3.8) is 0 Å². The lowest BCUT2D eigenvalue weighted by Crippen LogP contribution is -2.42. The van der Waals surface area contributed by atoms with E-state index in [1.807, 2.05) is 6.92 Å². The highest BCUT2D eigenvalue weighted by Crippen LogP contribution is 2.28. The second kappa shape index (κ2) is 7.47. The van der Waals surface area contributed by atoms with Gasteiger partial charge in [-0.15, -0.1) is 12.4 Å². The summed E-state index contributed by atoms with van der Waals surface area (Å²) in [6, 6.07) is 2.21. The van der Waals surface area contributed by atoms with Crippen molar-refractivity contribution in [2.45, 2.75) is 45.2 Å². The number of fused-ring (bicyclic) bond motifs is 1. The second-order valence-corrected chi connectivity index (χ2v) is 7.87. The molecule has 2 aromatic rings. The number of nitrogens with zero attached hydrogens (tertiary/aromatic N) is 4. The van der Waals surface area contributed by atoms with E-state index in [0.717, 1.165) is 36.3 Å². The Labute approximate surface area is 151 Å². The summed E-state index contributed by atoms with van der Waals surface area (Å²) in [6.07, 6.45) is 5.23. The zero-order valence-corrected chi connectivity index (χ0v) is 15.5. The van der Waals surface area contributed by atoms with Crippen molar-refractivity contribution < 1.29 is 0 Å². The normalized spacial score (nSPS) is 19.5. The topological polar surface area (TPSA) is 62.5 Å². The average Bonchev–Trinajstić information content (AvgIpc) is 3.26. The van der Waals surface area contributed by atoms with Crippen molar-refractivity contribution in [2.75, 3.05) is 19.6 Å². The molecule has 0 spiro atoms. The van der Waals surface area contributed by atoms with Gasteiger partial charge in [0.2, 0.25) is 4.96 Å². The van der Waals surface area contributed by atoms with Gasteiger partial charge in [0.25, 0.3) is 5.56 Å². The molecule has 132 valence electrons. The van der Waals surface area contributed by atoms with Crippen molar-refractivity contribution in [1.29, 1.82) is 0 Å². The van der Waals surface area contributed by atoms with Crippen LogP contribution in [-0.4, -0.2) is 45.2 Å². The van der Waals surface area contributed by atoms with Gasteiger partial charge < -0.3 is 5.32 Å². The van der Waals surface area contributed by atoms with Gasteiger partial charge in [0.05, 0.1) is 6.54 Å². The van der Waals surface area contributed by atoms with Crippen LogP contribution < -0.4 is 10.9 Å². The Hall–Kier alpha value is -1.02. The van der Waals surface area contributed by atoms with E-state index in [1.165, 1.54) is 54.1 Å². The fourth-order valence-corrected chi connectivity index (χ4v) is 4.15. The van der Waals surface area contributed by atoms with Crippen molar-refractivity contribution in [2.24, 2.45) is 5.92 Å². The molecule has 1 N–H and O–H groups in total. The lowest BCUT2D eigenvalue weighted by molar-refractivity contribution is 0.189. The third kappa shape index (κ3) is 4.14. The van der Waals surface area contributed by atoms with Gasteiger partial charge in [-0.05, 0) is 45.1 Å². The molecule has 0 amide bonds. The fourth-order valence-electron chi connectivity index (χ4n) is 3.17. The highest BCUT2D eigenvalue weighted by Gasteiger charge is 2.24. The minimum absolute atomic E-state index is 0. The molecule has 0 radical (unpaired) electrons. The van der Waals surface area contributed by atoms with Crippen LogP contribution in [0.3, 0.4) is 0 Å². The molecule has 1 aliphatic carbocycles. The van der Waals surface area contributed by atoms with Crippen molar-refractivity contribution >= 4 is 28.7 Å². The number of aryl methyl sites for hydroxylation is 1. The lowest BCUT2D eigenvalue weighted by atomic mass is 10.0. The van der Waals surface area contributed by atoms with Crippen LogP contribution in [-0.2, 0) is 6.54 Å². The maximum Gasteiger partial charge on any atom is 0.275 e. The van der Waals surface area contributed by atoms with E-state index in [2.05, 4.69) is 20.3 Å². The van der Waals surface area contributed by atoms with E-state index in [4.69, 9.17) is 0 Å². The molecule has 6 nitrogen and oxygen atoms in total. The van der Waals surface area contributed by atoms with E-state index in [9.17, 15) is 4.79 Å². The summed E-state index contributed by atoms with van der Waals surface area (Å²) in [6.45, 7) is 6.07. The first-order chi connectivity index (χ1) is 11.2. The number of aromatic nitrogens is 3. The quantitative estimate of drug-likeness (QED) is 0.871. The first-order valence-corrected chi connectivity index (χ1v) is 9.31. The smallest absolute Gasteiger partial charge is 0.275 e. The summed E-state index contributed by atoms with van der Waals surface area (Å²) >= 11 is 1.53. The molecule has 2 aromatic heterocycles. The van der Waals surface area contributed by atoms with Gasteiger partial charge in [-0.3, -0.25) is 9.69 Å². The van der Waals surface area contributed by atoms with Crippen LogP contribution in [0.1, 0.15) is 36.4 Å². The standard InChI is InChI=1S/C16H23N5OS.ClH/c1-11-8-15(22)21-16(18-11)23-14(19-21)10-20-6-4-13(5-7-20)17-9-12-2-3-12;/h8,12-13,17H,2-7,9-10H2,1H3;1H. The number of halogens is 1. The molecule has 0 bridgehead atoms. The maximum atomic E-state index is 11.9. The van der Waals surface area contributed by atoms with Gasteiger partial charge in [-0.25, -0.2) is 4.98 Å². The largest absolute Gasteiger partial charge is 0.314 e. The Morgan fingerprint density at radius 2 is 2.04 bits per heavy atom. The molecular weight excluding hydrogens is 346 g/mol. The molecule has 2 fully saturated rings. The predicted octanol–water partition coefficient (Wildman–Crippen LogP) is 1.85. The van der Waals surface area contributed by atoms with Crippen LogP contribution in [0.2, 0.25) is 0 Å². The Balaban J connectivity index is 0.00000169. The van der Waals surface area contributed by atoms with E-state index in [0.29, 0.717) is 11.0 Å². The number of hydrogen-bond acceptors (Lipinski definition) is 6. The molecule has 4 rings (SSSR count). The second-order valence-electron chi connectivity index (χ2n) is 6.83.